The lowest BCUT2D eigenvalue weighted by molar-refractivity contribution is 0.660. The molecule has 4 aromatic rings. The largest absolute Gasteiger partial charge is 0.264 e. The fourth-order valence-electron chi connectivity index (χ4n) is 4.24. The summed E-state index contributed by atoms with van der Waals surface area (Å²) in [5, 5.41) is 0.719. The van der Waals surface area contributed by atoms with Crippen molar-refractivity contribution in [3.8, 4) is 33.4 Å². The molecule has 2 aromatic carbocycles. The van der Waals surface area contributed by atoms with E-state index in [2.05, 4.69) is 66.3 Å². The minimum atomic E-state index is -0.0323. The maximum atomic E-state index is 6.42. The third-order valence-corrected chi connectivity index (χ3v) is 6.08. The molecular weight excluding hydrogens is 364 g/mol. The highest BCUT2D eigenvalue weighted by Gasteiger charge is 2.35. The monoisotopic (exact) mass is 382 g/mol. The first-order valence-corrected chi connectivity index (χ1v) is 9.73. The van der Waals surface area contributed by atoms with E-state index in [4.69, 9.17) is 11.6 Å². The van der Waals surface area contributed by atoms with Crippen LogP contribution in [0.4, 0.5) is 0 Å². The molecule has 3 heteroatoms. The van der Waals surface area contributed by atoms with Gasteiger partial charge in [-0.2, -0.15) is 0 Å². The number of fused-ring (bicyclic) bond motifs is 3. The Hall–Kier alpha value is -2.97. The smallest absolute Gasteiger partial charge is 0.0515 e. The predicted molar refractivity (Wildman–Crippen MR) is 115 cm³/mol. The van der Waals surface area contributed by atoms with Crippen molar-refractivity contribution in [2.24, 2.45) is 0 Å². The van der Waals surface area contributed by atoms with Gasteiger partial charge in [0.05, 0.1) is 5.02 Å². The molecule has 0 aliphatic heterocycles. The van der Waals surface area contributed by atoms with E-state index in [9.17, 15) is 0 Å². The average molecular weight is 383 g/mol. The van der Waals surface area contributed by atoms with Crippen LogP contribution in [-0.4, -0.2) is 9.97 Å². The number of nitrogens with zero attached hydrogens (tertiary/aromatic N) is 2. The maximum absolute atomic E-state index is 6.42. The topological polar surface area (TPSA) is 25.8 Å². The Morgan fingerprint density at radius 3 is 2.04 bits per heavy atom. The number of hydrogen-bond donors (Lipinski definition) is 0. The van der Waals surface area contributed by atoms with E-state index in [1.54, 1.807) is 12.4 Å². The van der Waals surface area contributed by atoms with Crippen LogP contribution in [0.15, 0.2) is 79.4 Å². The first kappa shape index (κ1) is 17.2. The summed E-state index contributed by atoms with van der Waals surface area (Å²) < 4.78 is 0. The molecule has 0 bridgehead atoms. The van der Waals surface area contributed by atoms with Gasteiger partial charge in [-0.25, -0.2) is 0 Å². The van der Waals surface area contributed by atoms with Gasteiger partial charge >= 0.3 is 0 Å². The zero-order valence-electron chi connectivity index (χ0n) is 15.8. The van der Waals surface area contributed by atoms with Gasteiger partial charge in [0.15, 0.2) is 0 Å². The van der Waals surface area contributed by atoms with E-state index < -0.39 is 0 Å². The van der Waals surface area contributed by atoms with Crippen molar-refractivity contribution < 1.29 is 0 Å². The Morgan fingerprint density at radius 2 is 1.36 bits per heavy atom. The Bertz CT molecular complexity index is 1200. The van der Waals surface area contributed by atoms with Crippen LogP contribution in [0.3, 0.4) is 0 Å². The molecule has 2 nitrogen and oxygen atoms in total. The van der Waals surface area contributed by atoms with Crippen LogP contribution in [0, 0.1) is 0 Å². The highest BCUT2D eigenvalue weighted by molar-refractivity contribution is 6.33. The van der Waals surface area contributed by atoms with Crippen molar-refractivity contribution in [1.82, 2.24) is 9.97 Å². The molecule has 0 fully saturated rings. The molecule has 1 aliphatic rings. The van der Waals surface area contributed by atoms with Crippen molar-refractivity contribution in [3.05, 3.63) is 95.5 Å². The summed E-state index contributed by atoms with van der Waals surface area (Å²) in [5.41, 5.74) is 9.57. The van der Waals surface area contributed by atoms with Crippen molar-refractivity contribution in [2.75, 3.05) is 0 Å². The molecule has 1 aliphatic carbocycles. The number of rotatable bonds is 2. The quantitative estimate of drug-likeness (QED) is 0.382. The molecule has 5 rings (SSSR count). The van der Waals surface area contributed by atoms with Gasteiger partial charge in [0.2, 0.25) is 0 Å². The Morgan fingerprint density at radius 1 is 0.679 bits per heavy atom. The van der Waals surface area contributed by atoms with Crippen LogP contribution < -0.4 is 0 Å². The zero-order chi connectivity index (χ0) is 19.3. The predicted octanol–water partition coefficient (Wildman–Crippen LogP) is 6.77. The van der Waals surface area contributed by atoms with Gasteiger partial charge in [-0.3, -0.25) is 9.97 Å². The minimum Gasteiger partial charge on any atom is -0.264 e. The van der Waals surface area contributed by atoms with Gasteiger partial charge in [0, 0.05) is 41.3 Å². The second kappa shape index (κ2) is 6.29. The summed E-state index contributed by atoms with van der Waals surface area (Å²) in [6.07, 6.45) is 7.27. The SMILES string of the molecule is CC1(C)c2ccc(-c3cccnc3)cc2-c2cc(-c3cnccc3Cl)ccc21. The summed E-state index contributed by atoms with van der Waals surface area (Å²) in [7, 11) is 0. The highest BCUT2D eigenvalue weighted by atomic mass is 35.5. The summed E-state index contributed by atoms with van der Waals surface area (Å²) in [5.74, 6) is 0. The second-order valence-electron chi connectivity index (χ2n) is 7.74. The number of hydrogen-bond acceptors (Lipinski definition) is 2. The molecule has 0 unspecified atom stereocenters. The average Bonchev–Trinajstić information content (AvgIpc) is 2.95. The van der Waals surface area contributed by atoms with Crippen LogP contribution in [0.5, 0.6) is 0 Å². The van der Waals surface area contributed by atoms with Crippen LogP contribution in [0.1, 0.15) is 25.0 Å². The minimum absolute atomic E-state index is 0.0323. The molecule has 28 heavy (non-hydrogen) atoms. The molecule has 0 amide bonds. The van der Waals surface area contributed by atoms with E-state index in [-0.39, 0.29) is 5.41 Å². The van der Waals surface area contributed by atoms with Crippen LogP contribution in [0.2, 0.25) is 5.02 Å². The van der Waals surface area contributed by atoms with Crippen LogP contribution >= 0.6 is 11.6 Å². The maximum Gasteiger partial charge on any atom is 0.0515 e. The highest BCUT2D eigenvalue weighted by Crippen LogP contribution is 2.50. The van der Waals surface area contributed by atoms with Crippen molar-refractivity contribution >= 4 is 11.6 Å². The van der Waals surface area contributed by atoms with Gasteiger partial charge < -0.3 is 0 Å². The van der Waals surface area contributed by atoms with Gasteiger partial charge in [0.1, 0.15) is 0 Å². The fourth-order valence-corrected chi connectivity index (χ4v) is 4.45. The fraction of sp³-hybridized carbons (Fsp3) is 0.120. The molecule has 0 atom stereocenters. The van der Waals surface area contributed by atoms with Gasteiger partial charge in [0.25, 0.3) is 0 Å². The van der Waals surface area contributed by atoms with Gasteiger partial charge in [-0.15, -0.1) is 0 Å². The van der Waals surface area contributed by atoms with Crippen LogP contribution in [-0.2, 0) is 5.41 Å². The molecule has 0 saturated heterocycles. The molecule has 0 saturated carbocycles. The molecule has 2 aromatic heterocycles. The van der Waals surface area contributed by atoms with Crippen molar-refractivity contribution in [2.45, 2.75) is 19.3 Å². The Balaban J connectivity index is 1.72. The lowest BCUT2D eigenvalue weighted by Crippen LogP contribution is -2.14. The molecule has 0 radical (unpaired) electrons. The number of halogens is 1. The Labute approximate surface area is 169 Å². The number of benzene rings is 2. The van der Waals surface area contributed by atoms with E-state index in [0.717, 1.165) is 21.7 Å². The summed E-state index contributed by atoms with van der Waals surface area (Å²) in [6, 6.07) is 19.3. The summed E-state index contributed by atoms with van der Waals surface area (Å²) in [6.45, 7) is 4.58. The molecular formula is C25H19ClN2. The first-order chi connectivity index (χ1) is 13.6. The standard InChI is InChI=1S/C25H19ClN2/c1-25(2)22-7-5-16(18-4-3-10-27-14-18)12-19(22)20-13-17(6-8-23(20)25)21-15-28-11-9-24(21)26/h3-15H,1-2H3. The van der Waals surface area contributed by atoms with Crippen molar-refractivity contribution in [3.63, 3.8) is 0 Å². The number of aromatic nitrogens is 2. The zero-order valence-corrected chi connectivity index (χ0v) is 16.5. The first-order valence-electron chi connectivity index (χ1n) is 9.35. The van der Waals surface area contributed by atoms with Gasteiger partial charge in [-0.05, 0) is 57.6 Å². The van der Waals surface area contributed by atoms with Gasteiger partial charge in [-0.1, -0.05) is 55.8 Å². The lowest BCUT2D eigenvalue weighted by Gasteiger charge is -2.21. The third-order valence-electron chi connectivity index (χ3n) is 5.75. The van der Waals surface area contributed by atoms with Crippen LogP contribution in [0.25, 0.3) is 33.4 Å². The summed E-state index contributed by atoms with van der Waals surface area (Å²) >= 11 is 6.42. The summed E-state index contributed by atoms with van der Waals surface area (Å²) in [4.78, 5) is 8.52. The van der Waals surface area contributed by atoms with E-state index in [1.807, 2.05) is 24.5 Å². The third kappa shape index (κ3) is 2.56. The molecule has 0 spiro atoms. The van der Waals surface area contributed by atoms with E-state index >= 15 is 0 Å². The second-order valence-corrected chi connectivity index (χ2v) is 8.15. The molecule has 0 N–H and O–H groups in total. The lowest BCUT2D eigenvalue weighted by atomic mass is 9.82. The molecule has 136 valence electrons. The Kier molecular flexibility index (Phi) is 3.85. The number of pyridine rings is 2. The van der Waals surface area contributed by atoms with Crippen molar-refractivity contribution in [1.29, 1.82) is 0 Å². The van der Waals surface area contributed by atoms with E-state index in [1.165, 1.54) is 27.8 Å². The normalized spacial score (nSPS) is 13.8. The van der Waals surface area contributed by atoms with E-state index in [0.29, 0.717) is 0 Å². The molecule has 2 heterocycles.